The number of hydrogen-bond donors (Lipinski definition) is 0. The van der Waals surface area contributed by atoms with Gasteiger partial charge in [0.05, 0.1) is 5.69 Å². The lowest BCUT2D eigenvalue weighted by Gasteiger charge is -2.21. The Morgan fingerprint density at radius 1 is 0.900 bits per heavy atom. The second-order valence-electron chi connectivity index (χ2n) is 5.47. The Balaban J connectivity index is 1.90. The molecule has 106 valence electrons. The molecule has 5 nitrogen and oxygen atoms in total. The molecule has 1 aliphatic rings. The third-order valence-corrected chi connectivity index (χ3v) is 3.79. The van der Waals surface area contributed by atoms with E-state index in [2.05, 4.69) is 26.0 Å². The van der Waals surface area contributed by atoms with Gasteiger partial charge < -0.3 is 4.90 Å². The lowest BCUT2D eigenvalue weighted by atomic mass is 10.2. The van der Waals surface area contributed by atoms with Crippen molar-refractivity contribution >= 4 is 5.82 Å². The fourth-order valence-electron chi connectivity index (χ4n) is 2.79. The zero-order valence-electron chi connectivity index (χ0n) is 12.2. The van der Waals surface area contributed by atoms with E-state index in [1.165, 1.54) is 25.7 Å². The van der Waals surface area contributed by atoms with Gasteiger partial charge in [-0.2, -0.15) is 5.10 Å². The number of anilines is 1. The lowest BCUT2D eigenvalue weighted by Crippen LogP contribution is -2.25. The van der Waals surface area contributed by atoms with E-state index in [0.29, 0.717) is 0 Å². The molecule has 0 unspecified atom stereocenters. The number of rotatable bonds is 2. The van der Waals surface area contributed by atoms with Crippen LogP contribution in [0.1, 0.15) is 37.1 Å². The molecule has 2 aromatic heterocycles. The highest BCUT2D eigenvalue weighted by Gasteiger charge is 2.13. The van der Waals surface area contributed by atoms with Gasteiger partial charge in [0, 0.05) is 24.8 Å². The van der Waals surface area contributed by atoms with Gasteiger partial charge in [0.1, 0.15) is 12.1 Å². The van der Waals surface area contributed by atoms with Gasteiger partial charge in [0.25, 0.3) is 0 Å². The fourth-order valence-corrected chi connectivity index (χ4v) is 2.79. The van der Waals surface area contributed by atoms with Crippen molar-refractivity contribution in [2.24, 2.45) is 0 Å². The van der Waals surface area contributed by atoms with Crippen molar-refractivity contribution in [1.29, 1.82) is 0 Å². The van der Waals surface area contributed by atoms with E-state index in [9.17, 15) is 0 Å². The van der Waals surface area contributed by atoms with Gasteiger partial charge in [0.15, 0.2) is 5.82 Å². The zero-order valence-corrected chi connectivity index (χ0v) is 12.2. The van der Waals surface area contributed by atoms with E-state index in [1.54, 1.807) is 6.33 Å². The largest absolute Gasteiger partial charge is 0.356 e. The fraction of sp³-hybridized carbons (Fsp3) is 0.533. The van der Waals surface area contributed by atoms with E-state index < -0.39 is 0 Å². The zero-order chi connectivity index (χ0) is 13.9. The minimum absolute atomic E-state index is 0.852. The summed E-state index contributed by atoms with van der Waals surface area (Å²) in [5.41, 5.74) is 2.11. The molecule has 5 heteroatoms. The van der Waals surface area contributed by atoms with Crippen LogP contribution in [-0.2, 0) is 0 Å². The van der Waals surface area contributed by atoms with Gasteiger partial charge in [0.2, 0.25) is 0 Å². The average Bonchev–Trinajstić information content (AvgIpc) is 2.68. The van der Waals surface area contributed by atoms with Gasteiger partial charge in [-0.15, -0.1) is 0 Å². The number of nitrogens with zero attached hydrogens (tertiary/aromatic N) is 5. The van der Waals surface area contributed by atoms with Crippen molar-refractivity contribution in [1.82, 2.24) is 19.7 Å². The summed E-state index contributed by atoms with van der Waals surface area (Å²) in [6.07, 6.45) is 6.79. The third kappa shape index (κ3) is 2.66. The molecule has 0 N–H and O–H groups in total. The Hall–Kier alpha value is -1.91. The standard InChI is InChI=1S/C15H21N5/c1-12-9-13(2)20(18-12)15-10-14(16-11-17-15)19-7-5-3-4-6-8-19/h9-11H,3-8H2,1-2H3. The summed E-state index contributed by atoms with van der Waals surface area (Å²) < 4.78 is 1.89. The number of aromatic nitrogens is 4. The molecule has 0 radical (unpaired) electrons. The van der Waals surface area contributed by atoms with Crippen molar-refractivity contribution in [3.63, 3.8) is 0 Å². The van der Waals surface area contributed by atoms with Gasteiger partial charge >= 0.3 is 0 Å². The van der Waals surface area contributed by atoms with Crippen LogP contribution in [0.15, 0.2) is 18.5 Å². The van der Waals surface area contributed by atoms with Crippen LogP contribution in [-0.4, -0.2) is 32.8 Å². The van der Waals surface area contributed by atoms with Crippen molar-refractivity contribution in [2.45, 2.75) is 39.5 Å². The lowest BCUT2D eigenvalue weighted by molar-refractivity contribution is 0.726. The maximum atomic E-state index is 4.49. The van der Waals surface area contributed by atoms with Crippen molar-refractivity contribution in [2.75, 3.05) is 18.0 Å². The van der Waals surface area contributed by atoms with E-state index >= 15 is 0 Å². The predicted molar refractivity (Wildman–Crippen MR) is 79.3 cm³/mol. The summed E-state index contributed by atoms with van der Waals surface area (Å²) in [7, 11) is 0. The Kier molecular flexibility index (Phi) is 3.67. The molecule has 0 atom stereocenters. The summed E-state index contributed by atoms with van der Waals surface area (Å²) in [6.45, 7) is 6.23. The molecule has 1 saturated heterocycles. The summed E-state index contributed by atoms with van der Waals surface area (Å²) in [5.74, 6) is 1.87. The maximum absolute atomic E-state index is 4.49. The van der Waals surface area contributed by atoms with Gasteiger partial charge in [-0.05, 0) is 32.8 Å². The highest BCUT2D eigenvalue weighted by molar-refractivity contribution is 5.43. The first kappa shape index (κ1) is 13.1. The number of hydrogen-bond acceptors (Lipinski definition) is 4. The molecular formula is C15H21N5. The summed E-state index contributed by atoms with van der Waals surface area (Å²) in [6, 6.07) is 4.11. The van der Waals surface area contributed by atoms with E-state index in [-0.39, 0.29) is 0 Å². The molecule has 1 fully saturated rings. The normalized spacial score (nSPS) is 16.2. The van der Waals surface area contributed by atoms with E-state index in [0.717, 1.165) is 36.1 Å². The second kappa shape index (κ2) is 5.61. The van der Waals surface area contributed by atoms with Crippen LogP contribution in [0.3, 0.4) is 0 Å². The van der Waals surface area contributed by atoms with Gasteiger partial charge in [-0.1, -0.05) is 12.8 Å². The first-order chi connectivity index (χ1) is 9.74. The molecule has 0 aliphatic carbocycles. The van der Waals surface area contributed by atoms with Crippen LogP contribution in [0.25, 0.3) is 5.82 Å². The second-order valence-corrected chi connectivity index (χ2v) is 5.47. The molecule has 0 saturated carbocycles. The quantitative estimate of drug-likeness (QED) is 0.842. The Morgan fingerprint density at radius 2 is 1.60 bits per heavy atom. The highest BCUT2D eigenvalue weighted by atomic mass is 15.3. The molecule has 0 spiro atoms. The molecule has 3 heterocycles. The Labute approximate surface area is 119 Å². The SMILES string of the molecule is Cc1cc(C)n(-c2cc(N3CCCCCC3)ncn2)n1. The monoisotopic (exact) mass is 271 g/mol. The first-order valence-electron chi connectivity index (χ1n) is 7.35. The third-order valence-electron chi connectivity index (χ3n) is 3.79. The van der Waals surface area contributed by atoms with Gasteiger partial charge in [-0.3, -0.25) is 0 Å². The smallest absolute Gasteiger partial charge is 0.159 e. The van der Waals surface area contributed by atoms with Crippen molar-refractivity contribution in [3.05, 3.63) is 29.8 Å². The topological polar surface area (TPSA) is 46.8 Å². The Bertz CT molecular complexity index is 582. The summed E-state index contributed by atoms with van der Waals surface area (Å²) in [4.78, 5) is 11.2. The van der Waals surface area contributed by atoms with Crippen molar-refractivity contribution in [3.8, 4) is 5.82 Å². The predicted octanol–water partition coefficient (Wildman–Crippen LogP) is 2.66. The summed E-state index contributed by atoms with van der Waals surface area (Å²) in [5, 5.41) is 4.49. The molecule has 0 aromatic carbocycles. The van der Waals surface area contributed by atoms with Crippen LogP contribution in [0.5, 0.6) is 0 Å². The molecular weight excluding hydrogens is 250 g/mol. The van der Waals surface area contributed by atoms with E-state index in [1.807, 2.05) is 24.6 Å². The maximum Gasteiger partial charge on any atom is 0.159 e. The van der Waals surface area contributed by atoms with Crippen molar-refractivity contribution < 1.29 is 0 Å². The van der Waals surface area contributed by atoms with E-state index in [4.69, 9.17) is 0 Å². The molecule has 1 aliphatic heterocycles. The molecule has 0 amide bonds. The minimum atomic E-state index is 0.852. The summed E-state index contributed by atoms with van der Waals surface area (Å²) >= 11 is 0. The molecule has 0 bridgehead atoms. The number of aryl methyl sites for hydroxylation is 2. The van der Waals surface area contributed by atoms with Crippen LogP contribution in [0.2, 0.25) is 0 Å². The first-order valence-corrected chi connectivity index (χ1v) is 7.35. The molecule has 20 heavy (non-hydrogen) atoms. The highest BCUT2D eigenvalue weighted by Crippen LogP contribution is 2.19. The Morgan fingerprint density at radius 3 is 2.25 bits per heavy atom. The van der Waals surface area contributed by atoms with Crippen LogP contribution in [0, 0.1) is 13.8 Å². The van der Waals surface area contributed by atoms with Crippen LogP contribution < -0.4 is 4.90 Å². The molecule has 2 aromatic rings. The van der Waals surface area contributed by atoms with Crippen LogP contribution in [0.4, 0.5) is 5.82 Å². The van der Waals surface area contributed by atoms with Crippen LogP contribution >= 0.6 is 0 Å². The minimum Gasteiger partial charge on any atom is -0.356 e. The van der Waals surface area contributed by atoms with Gasteiger partial charge in [-0.25, -0.2) is 14.6 Å². The average molecular weight is 271 g/mol. The molecule has 3 rings (SSSR count).